The number of carbonyl (C=O) groups is 1. The van der Waals surface area contributed by atoms with E-state index in [-0.39, 0.29) is 11.3 Å². The molecule has 0 aromatic heterocycles. The van der Waals surface area contributed by atoms with E-state index >= 15 is 0 Å². The van der Waals surface area contributed by atoms with E-state index < -0.39 is 17.5 Å². The smallest absolute Gasteiger partial charge is 0.254 e. The Labute approximate surface area is 118 Å². The monoisotopic (exact) mass is 284 g/mol. The summed E-state index contributed by atoms with van der Waals surface area (Å²) in [6.45, 7) is 4.62. The van der Waals surface area contributed by atoms with Gasteiger partial charge in [0.15, 0.2) is 5.82 Å². The van der Waals surface area contributed by atoms with Crippen molar-refractivity contribution in [1.29, 1.82) is 0 Å². The number of nitrogens with two attached hydrogens (primary N) is 1. The first-order chi connectivity index (χ1) is 9.49. The van der Waals surface area contributed by atoms with Crippen LogP contribution in [0.4, 0.5) is 14.5 Å². The Hall–Kier alpha value is -1.65. The maximum absolute atomic E-state index is 13.7. The van der Waals surface area contributed by atoms with E-state index in [0.29, 0.717) is 12.5 Å². The Balaban J connectivity index is 2.67. The van der Waals surface area contributed by atoms with Crippen molar-refractivity contribution in [1.82, 2.24) is 5.32 Å². The number of hydrogen-bond donors (Lipinski definition) is 2. The van der Waals surface area contributed by atoms with Crippen LogP contribution in [-0.4, -0.2) is 12.5 Å². The van der Waals surface area contributed by atoms with Gasteiger partial charge in [-0.05, 0) is 24.5 Å². The number of nitrogens with one attached hydrogen (secondary N) is 1. The second-order valence-electron chi connectivity index (χ2n) is 4.98. The lowest BCUT2D eigenvalue weighted by Gasteiger charge is -2.15. The van der Waals surface area contributed by atoms with Crippen LogP contribution in [0.5, 0.6) is 0 Å². The predicted molar refractivity (Wildman–Crippen MR) is 76.4 cm³/mol. The van der Waals surface area contributed by atoms with Crippen LogP contribution in [0.25, 0.3) is 0 Å². The number of amides is 1. The van der Waals surface area contributed by atoms with Crippen molar-refractivity contribution in [3.8, 4) is 0 Å². The molecule has 1 unspecified atom stereocenters. The molecular weight excluding hydrogens is 262 g/mol. The van der Waals surface area contributed by atoms with Gasteiger partial charge in [-0.3, -0.25) is 4.79 Å². The molecule has 0 spiro atoms. The third-order valence-electron chi connectivity index (χ3n) is 3.40. The van der Waals surface area contributed by atoms with Gasteiger partial charge in [-0.2, -0.15) is 0 Å². The Morgan fingerprint density at radius 3 is 2.65 bits per heavy atom. The lowest BCUT2D eigenvalue weighted by Crippen LogP contribution is -2.30. The van der Waals surface area contributed by atoms with Crippen molar-refractivity contribution >= 4 is 11.6 Å². The third kappa shape index (κ3) is 4.47. The molecule has 0 saturated carbocycles. The number of carbonyl (C=O) groups excluding carboxylic acids is 1. The highest BCUT2D eigenvalue weighted by Gasteiger charge is 2.17. The number of halogens is 2. The lowest BCUT2D eigenvalue weighted by atomic mass is 9.99. The molecule has 1 aromatic carbocycles. The number of hydrogen-bond acceptors (Lipinski definition) is 2. The van der Waals surface area contributed by atoms with Gasteiger partial charge >= 0.3 is 0 Å². The molecular formula is C15H22F2N2O. The van der Waals surface area contributed by atoms with Crippen molar-refractivity contribution < 1.29 is 13.6 Å². The summed E-state index contributed by atoms with van der Waals surface area (Å²) in [5.74, 6) is -1.85. The van der Waals surface area contributed by atoms with E-state index in [4.69, 9.17) is 5.73 Å². The van der Waals surface area contributed by atoms with Gasteiger partial charge in [0.2, 0.25) is 0 Å². The van der Waals surface area contributed by atoms with E-state index in [9.17, 15) is 13.6 Å². The molecule has 1 aromatic rings. The Kier molecular flexibility index (Phi) is 6.42. The van der Waals surface area contributed by atoms with E-state index in [1.165, 1.54) is 0 Å². The molecule has 0 bridgehead atoms. The molecule has 1 amide bonds. The van der Waals surface area contributed by atoms with Crippen LogP contribution in [0.15, 0.2) is 12.1 Å². The summed E-state index contributed by atoms with van der Waals surface area (Å²) in [5, 5.41) is 2.65. The number of unbranched alkanes of at least 4 members (excludes halogenated alkanes) is 1. The fourth-order valence-electron chi connectivity index (χ4n) is 2.05. The van der Waals surface area contributed by atoms with Crippen molar-refractivity contribution in [3.63, 3.8) is 0 Å². The molecule has 0 aliphatic rings. The minimum atomic E-state index is -0.870. The Morgan fingerprint density at radius 1 is 1.35 bits per heavy atom. The average molecular weight is 284 g/mol. The maximum Gasteiger partial charge on any atom is 0.254 e. The molecule has 0 fully saturated rings. The SMILES string of the molecule is CCCCC(CC)CNC(=O)c1cc(F)cc(N)c1F. The van der Waals surface area contributed by atoms with Crippen LogP contribution in [0.1, 0.15) is 49.9 Å². The van der Waals surface area contributed by atoms with Crippen molar-refractivity contribution in [2.75, 3.05) is 12.3 Å². The second-order valence-corrected chi connectivity index (χ2v) is 4.98. The zero-order valence-corrected chi connectivity index (χ0v) is 12.0. The molecule has 1 rings (SSSR count). The van der Waals surface area contributed by atoms with Crippen LogP contribution in [0.2, 0.25) is 0 Å². The molecule has 3 nitrogen and oxygen atoms in total. The minimum Gasteiger partial charge on any atom is -0.396 e. The van der Waals surface area contributed by atoms with Gasteiger partial charge in [0, 0.05) is 6.54 Å². The van der Waals surface area contributed by atoms with Gasteiger partial charge in [0.25, 0.3) is 5.91 Å². The fraction of sp³-hybridized carbons (Fsp3) is 0.533. The maximum atomic E-state index is 13.7. The minimum absolute atomic E-state index is 0.340. The zero-order chi connectivity index (χ0) is 15.1. The van der Waals surface area contributed by atoms with Crippen molar-refractivity contribution in [2.45, 2.75) is 39.5 Å². The first kappa shape index (κ1) is 16.4. The molecule has 0 heterocycles. The molecule has 20 heavy (non-hydrogen) atoms. The highest BCUT2D eigenvalue weighted by atomic mass is 19.1. The number of nitrogen functional groups attached to an aromatic ring is 1. The summed E-state index contributed by atoms with van der Waals surface area (Å²) in [6.07, 6.45) is 4.14. The van der Waals surface area contributed by atoms with Crippen LogP contribution in [0, 0.1) is 17.6 Å². The molecule has 0 aliphatic heterocycles. The summed E-state index contributed by atoms with van der Waals surface area (Å²) in [4.78, 5) is 11.9. The number of benzene rings is 1. The summed E-state index contributed by atoms with van der Waals surface area (Å²) >= 11 is 0. The first-order valence-electron chi connectivity index (χ1n) is 7.02. The molecule has 5 heteroatoms. The highest BCUT2D eigenvalue weighted by molar-refractivity contribution is 5.95. The molecule has 0 saturated heterocycles. The quantitative estimate of drug-likeness (QED) is 0.753. The van der Waals surface area contributed by atoms with E-state index in [0.717, 1.165) is 37.8 Å². The largest absolute Gasteiger partial charge is 0.396 e. The predicted octanol–water partition coefficient (Wildman–Crippen LogP) is 3.49. The van der Waals surface area contributed by atoms with Crippen molar-refractivity contribution in [2.24, 2.45) is 5.92 Å². The fourth-order valence-corrected chi connectivity index (χ4v) is 2.05. The van der Waals surface area contributed by atoms with Gasteiger partial charge in [-0.15, -0.1) is 0 Å². The Bertz CT molecular complexity index is 463. The standard InChI is InChI=1S/C15H22F2N2O/c1-3-5-6-10(4-2)9-19-15(20)12-7-11(16)8-13(18)14(12)17/h7-8,10H,3-6,9,18H2,1-2H3,(H,19,20). The van der Waals surface area contributed by atoms with Crippen LogP contribution in [-0.2, 0) is 0 Å². The first-order valence-corrected chi connectivity index (χ1v) is 7.02. The summed E-state index contributed by atoms with van der Waals surface area (Å²) < 4.78 is 26.9. The normalized spacial score (nSPS) is 12.2. The van der Waals surface area contributed by atoms with E-state index in [2.05, 4.69) is 12.2 Å². The van der Waals surface area contributed by atoms with Gasteiger partial charge in [-0.1, -0.05) is 33.1 Å². The molecule has 0 radical (unpaired) electrons. The second kappa shape index (κ2) is 7.82. The Morgan fingerprint density at radius 2 is 2.05 bits per heavy atom. The topological polar surface area (TPSA) is 55.1 Å². The highest BCUT2D eigenvalue weighted by Crippen LogP contribution is 2.18. The molecule has 0 aliphatic carbocycles. The lowest BCUT2D eigenvalue weighted by molar-refractivity contribution is 0.0941. The van der Waals surface area contributed by atoms with Gasteiger partial charge in [0.05, 0.1) is 11.3 Å². The number of rotatable bonds is 7. The molecule has 3 N–H and O–H groups in total. The van der Waals surface area contributed by atoms with Gasteiger partial charge < -0.3 is 11.1 Å². The molecule has 112 valence electrons. The summed E-state index contributed by atoms with van der Waals surface area (Å²) in [7, 11) is 0. The third-order valence-corrected chi connectivity index (χ3v) is 3.40. The number of anilines is 1. The van der Waals surface area contributed by atoms with E-state index in [1.54, 1.807) is 0 Å². The summed E-state index contributed by atoms with van der Waals surface area (Å²) in [5.41, 5.74) is 4.62. The molecule has 1 atom stereocenters. The van der Waals surface area contributed by atoms with E-state index in [1.807, 2.05) is 6.92 Å². The van der Waals surface area contributed by atoms with Gasteiger partial charge in [0.1, 0.15) is 5.82 Å². The average Bonchev–Trinajstić information content (AvgIpc) is 2.42. The zero-order valence-electron chi connectivity index (χ0n) is 12.0. The van der Waals surface area contributed by atoms with Crippen LogP contribution in [0.3, 0.4) is 0 Å². The van der Waals surface area contributed by atoms with Crippen LogP contribution < -0.4 is 11.1 Å². The van der Waals surface area contributed by atoms with Crippen LogP contribution >= 0.6 is 0 Å². The van der Waals surface area contributed by atoms with Gasteiger partial charge in [-0.25, -0.2) is 8.78 Å². The summed E-state index contributed by atoms with van der Waals surface area (Å²) in [6, 6.07) is 1.73. The van der Waals surface area contributed by atoms with Crippen molar-refractivity contribution in [3.05, 3.63) is 29.3 Å².